The first-order chi connectivity index (χ1) is 14.1. The van der Waals surface area contributed by atoms with Gasteiger partial charge in [-0.1, -0.05) is 0 Å². The van der Waals surface area contributed by atoms with Gasteiger partial charge in [0.05, 0.1) is 13.5 Å². The van der Waals surface area contributed by atoms with Gasteiger partial charge >= 0.3 is 0 Å². The second-order valence-corrected chi connectivity index (χ2v) is 7.49. The van der Waals surface area contributed by atoms with Gasteiger partial charge in [0.15, 0.2) is 0 Å². The van der Waals surface area contributed by atoms with Crippen LogP contribution < -0.4 is 19.7 Å². The molecule has 1 saturated heterocycles. The van der Waals surface area contributed by atoms with Gasteiger partial charge in [-0.05, 0) is 48.0 Å². The van der Waals surface area contributed by atoms with E-state index in [1.807, 2.05) is 30.3 Å². The Morgan fingerprint density at radius 2 is 1.79 bits per heavy atom. The molecule has 0 saturated carbocycles. The van der Waals surface area contributed by atoms with Crippen LogP contribution in [0.1, 0.15) is 5.56 Å². The van der Waals surface area contributed by atoms with E-state index in [4.69, 9.17) is 9.47 Å². The van der Waals surface area contributed by atoms with Crippen LogP contribution in [-0.2, 0) is 11.2 Å². The van der Waals surface area contributed by atoms with E-state index < -0.39 is 6.10 Å². The summed E-state index contributed by atoms with van der Waals surface area (Å²) in [6.45, 7) is 4.46. The average Bonchev–Trinajstić information content (AvgIpc) is 3.12. The quantitative estimate of drug-likeness (QED) is 0.742. The third kappa shape index (κ3) is 4.81. The minimum atomic E-state index is -0.560. The van der Waals surface area contributed by atoms with E-state index in [0.29, 0.717) is 18.7 Å². The minimum Gasteiger partial charge on any atom is -0.497 e. The maximum Gasteiger partial charge on any atom is 0.228 e. The maximum atomic E-state index is 11.4. The second-order valence-electron chi connectivity index (χ2n) is 7.49. The van der Waals surface area contributed by atoms with Gasteiger partial charge in [0, 0.05) is 44.1 Å². The Kier molecular flexibility index (Phi) is 5.87. The Bertz CT molecular complexity index is 848. The van der Waals surface area contributed by atoms with Crippen LogP contribution in [0.25, 0.3) is 0 Å². The molecular weight excluding hydrogens is 370 g/mol. The van der Waals surface area contributed by atoms with Crippen molar-refractivity contribution >= 4 is 17.3 Å². The van der Waals surface area contributed by atoms with E-state index in [0.717, 1.165) is 43.2 Å². The van der Waals surface area contributed by atoms with Crippen molar-refractivity contribution in [2.24, 2.45) is 0 Å². The van der Waals surface area contributed by atoms with Gasteiger partial charge in [-0.25, -0.2) is 0 Å². The molecule has 154 valence electrons. The molecule has 0 aromatic heterocycles. The Balaban J connectivity index is 1.21. The number of carbonyl (C=O) groups is 1. The predicted octanol–water partition coefficient (Wildman–Crippen LogP) is 1.75. The van der Waals surface area contributed by atoms with Gasteiger partial charge in [0.1, 0.15) is 24.2 Å². The number of aliphatic hydroxyl groups is 1. The molecule has 2 aromatic rings. The Hall–Kier alpha value is -2.77. The fraction of sp³-hybridized carbons (Fsp3) is 0.409. The van der Waals surface area contributed by atoms with Crippen molar-refractivity contribution in [3.63, 3.8) is 0 Å². The summed E-state index contributed by atoms with van der Waals surface area (Å²) in [6, 6.07) is 13.7. The average molecular weight is 397 g/mol. The van der Waals surface area contributed by atoms with E-state index in [2.05, 4.69) is 27.2 Å². The van der Waals surface area contributed by atoms with Crippen molar-refractivity contribution < 1.29 is 19.4 Å². The predicted molar refractivity (Wildman–Crippen MR) is 112 cm³/mol. The molecule has 2 aliphatic heterocycles. The Labute approximate surface area is 170 Å². The number of methoxy groups -OCH3 is 1. The molecule has 2 aliphatic rings. The number of nitrogens with zero attached hydrogens (tertiary/aromatic N) is 2. The fourth-order valence-electron chi connectivity index (χ4n) is 3.82. The molecule has 29 heavy (non-hydrogen) atoms. The number of carbonyl (C=O) groups excluding carboxylic acids is 1. The van der Waals surface area contributed by atoms with Crippen LogP contribution in [0.5, 0.6) is 11.5 Å². The third-order valence-electron chi connectivity index (χ3n) is 5.42. The Morgan fingerprint density at radius 1 is 1.07 bits per heavy atom. The second kappa shape index (κ2) is 8.71. The normalized spacial score (nSPS) is 17.6. The lowest BCUT2D eigenvalue weighted by Crippen LogP contribution is -2.49. The number of rotatable bonds is 7. The van der Waals surface area contributed by atoms with Crippen LogP contribution in [-0.4, -0.2) is 68.5 Å². The van der Waals surface area contributed by atoms with Gasteiger partial charge in [-0.2, -0.15) is 0 Å². The summed E-state index contributed by atoms with van der Waals surface area (Å²) in [4.78, 5) is 16.0. The monoisotopic (exact) mass is 397 g/mol. The summed E-state index contributed by atoms with van der Waals surface area (Å²) in [5.41, 5.74) is 2.98. The number of anilines is 2. The topological polar surface area (TPSA) is 74.3 Å². The van der Waals surface area contributed by atoms with Gasteiger partial charge < -0.3 is 24.8 Å². The highest BCUT2D eigenvalue weighted by Gasteiger charge is 2.21. The molecular formula is C22H27N3O4. The SMILES string of the molecule is COc1ccc(N2CCN(C[C@H](O)COc3ccc4c(c3)CC(=O)N4)CC2)cc1. The van der Waals surface area contributed by atoms with Crippen molar-refractivity contribution in [3.05, 3.63) is 48.0 Å². The molecule has 0 aliphatic carbocycles. The zero-order chi connectivity index (χ0) is 20.2. The van der Waals surface area contributed by atoms with Gasteiger partial charge in [-0.3, -0.25) is 9.69 Å². The number of aliphatic hydroxyl groups excluding tert-OH is 1. The van der Waals surface area contributed by atoms with Crippen molar-refractivity contribution in [2.45, 2.75) is 12.5 Å². The first kappa shape index (κ1) is 19.5. The lowest BCUT2D eigenvalue weighted by molar-refractivity contribution is -0.115. The number of amides is 1. The van der Waals surface area contributed by atoms with Crippen LogP contribution in [0.15, 0.2) is 42.5 Å². The molecule has 1 atom stereocenters. The molecule has 1 fully saturated rings. The van der Waals surface area contributed by atoms with Crippen LogP contribution in [0.3, 0.4) is 0 Å². The first-order valence-corrected chi connectivity index (χ1v) is 9.96. The number of hydrogen-bond donors (Lipinski definition) is 2. The van der Waals surface area contributed by atoms with E-state index in [1.165, 1.54) is 5.69 Å². The van der Waals surface area contributed by atoms with Crippen molar-refractivity contribution in [2.75, 3.05) is 56.7 Å². The van der Waals surface area contributed by atoms with E-state index in [9.17, 15) is 9.90 Å². The van der Waals surface area contributed by atoms with E-state index in [-0.39, 0.29) is 12.5 Å². The number of ether oxygens (including phenoxy) is 2. The van der Waals surface area contributed by atoms with E-state index >= 15 is 0 Å². The van der Waals surface area contributed by atoms with Gasteiger partial charge in [-0.15, -0.1) is 0 Å². The third-order valence-corrected chi connectivity index (χ3v) is 5.42. The van der Waals surface area contributed by atoms with Gasteiger partial charge in [0.25, 0.3) is 0 Å². The molecule has 0 bridgehead atoms. The number of fused-ring (bicyclic) bond motifs is 1. The van der Waals surface area contributed by atoms with Gasteiger partial charge in [0.2, 0.25) is 5.91 Å². The number of benzene rings is 2. The lowest BCUT2D eigenvalue weighted by Gasteiger charge is -2.36. The fourth-order valence-corrected chi connectivity index (χ4v) is 3.82. The maximum absolute atomic E-state index is 11.4. The van der Waals surface area contributed by atoms with Crippen molar-refractivity contribution in [1.29, 1.82) is 0 Å². The van der Waals surface area contributed by atoms with Crippen LogP contribution in [0.4, 0.5) is 11.4 Å². The minimum absolute atomic E-state index is 0.00553. The summed E-state index contributed by atoms with van der Waals surface area (Å²) in [5, 5.41) is 13.2. The highest BCUT2D eigenvalue weighted by atomic mass is 16.5. The molecule has 7 heteroatoms. The smallest absolute Gasteiger partial charge is 0.228 e. The summed E-state index contributed by atoms with van der Waals surface area (Å²) < 4.78 is 11.0. The summed E-state index contributed by atoms with van der Waals surface area (Å²) in [6.07, 6.45) is -0.177. The molecule has 2 N–H and O–H groups in total. The standard InChI is InChI=1S/C22H27N3O4/c1-28-19-4-2-17(3-5-19)25-10-8-24(9-11-25)14-18(26)15-29-20-6-7-21-16(12-20)13-22(27)23-21/h2-7,12,18,26H,8-11,13-15H2,1H3,(H,23,27)/t18-/m0/s1. The summed E-state index contributed by atoms with van der Waals surface area (Å²) >= 11 is 0. The van der Waals surface area contributed by atoms with Crippen molar-refractivity contribution in [1.82, 2.24) is 4.90 Å². The van der Waals surface area contributed by atoms with E-state index in [1.54, 1.807) is 7.11 Å². The molecule has 4 rings (SSSR count). The van der Waals surface area contributed by atoms with Crippen LogP contribution in [0, 0.1) is 0 Å². The summed E-state index contributed by atoms with van der Waals surface area (Å²) in [7, 11) is 1.67. The number of piperazine rings is 1. The Morgan fingerprint density at radius 3 is 2.52 bits per heavy atom. The van der Waals surface area contributed by atoms with Crippen LogP contribution in [0.2, 0.25) is 0 Å². The number of hydrogen-bond acceptors (Lipinski definition) is 6. The lowest BCUT2D eigenvalue weighted by atomic mass is 10.1. The molecule has 7 nitrogen and oxygen atoms in total. The summed E-state index contributed by atoms with van der Waals surface area (Å²) in [5.74, 6) is 1.55. The van der Waals surface area contributed by atoms with Crippen molar-refractivity contribution in [3.8, 4) is 11.5 Å². The molecule has 1 amide bonds. The van der Waals surface area contributed by atoms with Crippen LogP contribution >= 0.6 is 0 Å². The largest absolute Gasteiger partial charge is 0.497 e. The molecule has 2 heterocycles. The zero-order valence-corrected chi connectivity index (χ0v) is 16.6. The first-order valence-electron chi connectivity index (χ1n) is 9.96. The molecule has 0 radical (unpaired) electrons. The number of β-amino-alcohol motifs (C(OH)–C–C–N with tert-alkyl or cyclic N) is 1. The number of nitrogens with one attached hydrogen (secondary N) is 1. The molecule has 0 unspecified atom stereocenters. The molecule has 0 spiro atoms. The molecule has 2 aromatic carbocycles. The highest BCUT2D eigenvalue weighted by molar-refractivity contribution is 5.99. The zero-order valence-electron chi connectivity index (χ0n) is 16.6. The highest BCUT2D eigenvalue weighted by Crippen LogP contribution is 2.27.